The molecule has 0 radical (unpaired) electrons. The molecule has 0 aliphatic heterocycles. The van der Waals surface area contributed by atoms with Crippen molar-refractivity contribution in [3.05, 3.63) is 53.4 Å². The molecular weight excluding hydrogens is 365 g/mol. The second kappa shape index (κ2) is 7.15. The Morgan fingerprint density at radius 1 is 1.30 bits per heavy atom. The fourth-order valence-corrected chi connectivity index (χ4v) is 2.25. The first-order valence-corrected chi connectivity index (χ1v) is 7.78. The fourth-order valence-electron chi connectivity index (χ4n) is 2.25. The number of nitrogens with two attached hydrogens (primary N) is 1. The molecule has 1 atom stereocenters. The summed E-state index contributed by atoms with van der Waals surface area (Å²) < 4.78 is 38.8. The predicted molar refractivity (Wildman–Crippen MR) is 86.7 cm³/mol. The minimum Gasteiger partial charge on any atom is -0.347 e. The highest BCUT2D eigenvalue weighted by Crippen LogP contribution is 2.26. The number of nitrogens with zero attached hydrogens (tertiary/aromatic N) is 5. The quantitative estimate of drug-likeness (QED) is 0.609. The molecule has 3 rings (SSSR count). The summed E-state index contributed by atoms with van der Waals surface area (Å²) in [7, 11) is 0. The maximum absolute atomic E-state index is 12.6. The lowest BCUT2D eigenvalue weighted by Crippen LogP contribution is -2.32. The molecule has 9 nitrogen and oxygen atoms in total. The van der Waals surface area contributed by atoms with Crippen LogP contribution in [0.4, 0.5) is 13.2 Å². The van der Waals surface area contributed by atoms with Gasteiger partial charge in [0.1, 0.15) is 5.82 Å². The van der Waals surface area contributed by atoms with E-state index in [1.807, 2.05) is 30.3 Å². The smallest absolute Gasteiger partial charge is 0.347 e. The van der Waals surface area contributed by atoms with Gasteiger partial charge in [-0.1, -0.05) is 30.3 Å². The van der Waals surface area contributed by atoms with Gasteiger partial charge in [0.2, 0.25) is 11.6 Å². The maximum Gasteiger partial charge on any atom is 0.451 e. The maximum atomic E-state index is 12.6. The van der Waals surface area contributed by atoms with E-state index in [4.69, 9.17) is 5.73 Å². The molecule has 0 spiro atoms. The van der Waals surface area contributed by atoms with E-state index < -0.39 is 23.9 Å². The van der Waals surface area contributed by atoms with Gasteiger partial charge in [0.05, 0.1) is 0 Å². The SMILES string of the molecule is Cc1nc(C(=O)NCC(N)c2ccccc2)nn1-c1n[nH]c(C(F)(F)F)n1. The Kier molecular flexibility index (Phi) is 4.90. The molecule has 0 fully saturated rings. The molecule has 1 amide bonds. The van der Waals surface area contributed by atoms with Crippen molar-refractivity contribution in [1.29, 1.82) is 0 Å². The number of benzene rings is 1. The average molecular weight is 380 g/mol. The molecule has 0 bridgehead atoms. The molecule has 0 aliphatic rings. The van der Waals surface area contributed by atoms with Crippen molar-refractivity contribution in [3.63, 3.8) is 0 Å². The molecule has 12 heteroatoms. The Morgan fingerprint density at radius 3 is 2.63 bits per heavy atom. The van der Waals surface area contributed by atoms with Gasteiger partial charge in [-0.05, 0) is 12.5 Å². The van der Waals surface area contributed by atoms with Crippen molar-refractivity contribution in [2.24, 2.45) is 5.73 Å². The monoisotopic (exact) mass is 380 g/mol. The minimum absolute atomic E-state index is 0.134. The average Bonchev–Trinajstić information content (AvgIpc) is 3.26. The molecule has 2 heterocycles. The van der Waals surface area contributed by atoms with Crippen LogP contribution < -0.4 is 11.1 Å². The zero-order chi connectivity index (χ0) is 19.6. The third kappa shape index (κ3) is 4.11. The number of carbonyl (C=O) groups is 1. The summed E-state index contributed by atoms with van der Waals surface area (Å²) in [6.45, 7) is 1.60. The van der Waals surface area contributed by atoms with E-state index in [1.54, 1.807) is 5.10 Å². The van der Waals surface area contributed by atoms with E-state index >= 15 is 0 Å². The van der Waals surface area contributed by atoms with Crippen LogP contribution in [0.3, 0.4) is 0 Å². The molecule has 3 aromatic rings. The van der Waals surface area contributed by atoms with Crippen LogP contribution in [0.5, 0.6) is 0 Å². The Morgan fingerprint density at radius 2 is 2.00 bits per heavy atom. The largest absolute Gasteiger partial charge is 0.451 e. The van der Waals surface area contributed by atoms with Gasteiger partial charge in [-0.2, -0.15) is 22.8 Å². The van der Waals surface area contributed by atoms with Gasteiger partial charge in [0.15, 0.2) is 0 Å². The third-order valence-electron chi connectivity index (χ3n) is 3.61. The van der Waals surface area contributed by atoms with Gasteiger partial charge in [-0.25, -0.2) is 4.98 Å². The summed E-state index contributed by atoms with van der Waals surface area (Å²) >= 11 is 0. The summed E-state index contributed by atoms with van der Waals surface area (Å²) in [5, 5.41) is 11.7. The van der Waals surface area contributed by atoms with Crippen LogP contribution in [0.2, 0.25) is 0 Å². The zero-order valence-electron chi connectivity index (χ0n) is 14.0. The molecule has 0 aliphatic carbocycles. The molecule has 142 valence electrons. The van der Waals surface area contributed by atoms with E-state index in [0.717, 1.165) is 10.2 Å². The van der Waals surface area contributed by atoms with Gasteiger partial charge in [0.25, 0.3) is 11.9 Å². The Hall–Kier alpha value is -3.28. The molecule has 1 unspecified atom stereocenters. The second-order valence-corrected chi connectivity index (χ2v) is 5.60. The first kappa shape index (κ1) is 18.5. The number of halogens is 3. The van der Waals surface area contributed by atoms with Crippen molar-refractivity contribution in [1.82, 2.24) is 35.3 Å². The number of rotatable bonds is 5. The van der Waals surface area contributed by atoms with Crippen molar-refractivity contribution in [3.8, 4) is 5.95 Å². The van der Waals surface area contributed by atoms with E-state index in [-0.39, 0.29) is 24.1 Å². The number of aromatic amines is 1. The standard InChI is InChI=1S/C15H15F3N8O/c1-8-21-11(12(27)20-7-10(19)9-5-3-2-4-6-9)25-26(8)14-22-13(23-24-14)15(16,17)18/h2-6,10H,7,19H2,1H3,(H,20,27)(H,22,23,24). The number of H-pyrrole nitrogens is 1. The molecular formula is C15H15F3N8O. The molecule has 0 saturated carbocycles. The van der Waals surface area contributed by atoms with E-state index in [1.165, 1.54) is 6.92 Å². The van der Waals surface area contributed by atoms with Crippen LogP contribution in [0.1, 0.15) is 33.9 Å². The summed E-state index contributed by atoms with van der Waals surface area (Å²) in [6, 6.07) is 8.73. The number of alkyl halides is 3. The summed E-state index contributed by atoms with van der Waals surface area (Å²) in [4.78, 5) is 19.5. The Labute approximate surface area is 150 Å². The van der Waals surface area contributed by atoms with Crippen molar-refractivity contribution < 1.29 is 18.0 Å². The number of hydrogen-bond acceptors (Lipinski definition) is 6. The third-order valence-corrected chi connectivity index (χ3v) is 3.61. The van der Waals surface area contributed by atoms with Gasteiger partial charge in [0, 0.05) is 12.6 Å². The number of hydrogen-bond donors (Lipinski definition) is 3. The van der Waals surface area contributed by atoms with Crippen LogP contribution in [-0.2, 0) is 6.18 Å². The van der Waals surface area contributed by atoms with Crippen LogP contribution in [0, 0.1) is 6.92 Å². The topological polar surface area (TPSA) is 127 Å². The number of amides is 1. The van der Waals surface area contributed by atoms with Crippen molar-refractivity contribution in [2.45, 2.75) is 19.1 Å². The molecule has 0 saturated heterocycles. The van der Waals surface area contributed by atoms with Crippen molar-refractivity contribution in [2.75, 3.05) is 6.54 Å². The highest BCUT2D eigenvalue weighted by Gasteiger charge is 2.35. The Bertz CT molecular complexity index is 934. The normalized spacial score (nSPS) is 12.8. The highest BCUT2D eigenvalue weighted by atomic mass is 19.4. The fraction of sp³-hybridized carbons (Fsp3) is 0.267. The molecule has 4 N–H and O–H groups in total. The number of aromatic nitrogens is 6. The van der Waals surface area contributed by atoms with Crippen LogP contribution in [-0.4, -0.2) is 42.4 Å². The van der Waals surface area contributed by atoms with Crippen molar-refractivity contribution >= 4 is 5.91 Å². The first-order chi connectivity index (χ1) is 12.8. The second-order valence-electron chi connectivity index (χ2n) is 5.60. The van der Waals surface area contributed by atoms with Gasteiger partial charge >= 0.3 is 6.18 Å². The van der Waals surface area contributed by atoms with E-state index in [2.05, 4.69) is 25.5 Å². The lowest BCUT2D eigenvalue weighted by molar-refractivity contribution is -0.144. The minimum atomic E-state index is -4.67. The molecule has 1 aromatic carbocycles. The lowest BCUT2D eigenvalue weighted by Gasteiger charge is -2.12. The number of aryl methyl sites for hydroxylation is 1. The first-order valence-electron chi connectivity index (χ1n) is 7.78. The summed E-state index contributed by atoms with van der Waals surface area (Å²) in [5.74, 6) is -2.33. The Balaban J connectivity index is 1.70. The number of carbonyl (C=O) groups excluding carboxylic acids is 1. The molecule has 27 heavy (non-hydrogen) atoms. The van der Waals surface area contributed by atoms with E-state index in [9.17, 15) is 18.0 Å². The molecule has 2 aromatic heterocycles. The number of nitrogens with one attached hydrogen (secondary N) is 2. The van der Waals surface area contributed by atoms with Gasteiger partial charge < -0.3 is 11.1 Å². The lowest BCUT2D eigenvalue weighted by atomic mass is 10.1. The van der Waals surface area contributed by atoms with Gasteiger partial charge in [-0.3, -0.25) is 9.89 Å². The van der Waals surface area contributed by atoms with E-state index in [0.29, 0.717) is 0 Å². The zero-order valence-corrected chi connectivity index (χ0v) is 14.0. The highest BCUT2D eigenvalue weighted by molar-refractivity contribution is 5.90. The van der Waals surface area contributed by atoms with Crippen LogP contribution in [0.25, 0.3) is 5.95 Å². The van der Waals surface area contributed by atoms with Crippen LogP contribution >= 0.6 is 0 Å². The summed E-state index contributed by atoms with van der Waals surface area (Å²) in [5.41, 5.74) is 6.84. The predicted octanol–water partition coefficient (Wildman–Crippen LogP) is 1.14. The van der Waals surface area contributed by atoms with Gasteiger partial charge in [-0.15, -0.1) is 10.2 Å². The van der Waals surface area contributed by atoms with Crippen LogP contribution in [0.15, 0.2) is 30.3 Å². The summed E-state index contributed by atoms with van der Waals surface area (Å²) in [6.07, 6.45) is -4.67.